The fourth-order valence-corrected chi connectivity index (χ4v) is 3.74. The summed E-state index contributed by atoms with van der Waals surface area (Å²) >= 11 is 0. The van der Waals surface area contributed by atoms with Gasteiger partial charge < -0.3 is 9.42 Å². The topological polar surface area (TPSA) is 55.1 Å². The van der Waals surface area contributed by atoms with E-state index >= 15 is 0 Å². The van der Waals surface area contributed by atoms with E-state index in [0.717, 1.165) is 28.6 Å². The van der Waals surface area contributed by atoms with Crippen molar-refractivity contribution in [2.24, 2.45) is 5.92 Å². The molecule has 0 aliphatic carbocycles. The lowest BCUT2D eigenvalue weighted by atomic mass is 9.93. The monoisotopic (exact) mass is 336 g/mol. The van der Waals surface area contributed by atoms with Gasteiger partial charge in [-0.2, -0.15) is 4.98 Å². The van der Waals surface area contributed by atoms with Crippen LogP contribution in [0.2, 0.25) is 0 Å². The first-order chi connectivity index (χ1) is 12.3. The third kappa shape index (κ3) is 3.56. The van der Waals surface area contributed by atoms with E-state index < -0.39 is 0 Å². The van der Waals surface area contributed by atoms with Crippen LogP contribution in [-0.4, -0.2) is 39.7 Å². The minimum absolute atomic E-state index is 0.607. The molecule has 0 spiro atoms. The van der Waals surface area contributed by atoms with E-state index in [4.69, 9.17) is 4.52 Å². The van der Waals surface area contributed by atoms with Crippen LogP contribution in [0.25, 0.3) is 22.2 Å². The van der Waals surface area contributed by atoms with Crippen molar-refractivity contribution < 1.29 is 4.52 Å². The Labute approximate surface area is 148 Å². The summed E-state index contributed by atoms with van der Waals surface area (Å²) in [5, 5.41) is 6.42. The fraction of sp³-hybridized carbons (Fsp3) is 0.450. The average molecular weight is 336 g/mol. The molecule has 130 valence electrons. The summed E-state index contributed by atoms with van der Waals surface area (Å²) in [6.45, 7) is 5.85. The smallest absolute Gasteiger partial charge is 0.258 e. The minimum Gasteiger partial charge on any atom is -0.334 e. The van der Waals surface area contributed by atoms with Gasteiger partial charge in [-0.25, -0.2) is 0 Å². The van der Waals surface area contributed by atoms with Gasteiger partial charge in [-0.05, 0) is 62.3 Å². The molecule has 0 unspecified atom stereocenters. The van der Waals surface area contributed by atoms with Crippen LogP contribution < -0.4 is 0 Å². The number of fused-ring (bicyclic) bond motifs is 1. The number of pyridine rings is 1. The highest BCUT2D eigenvalue weighted by molar-refractivity contribution is 5.94. The third-order valence-corrected chi connectivity index (χ3v) is 5.10. The van der Waals surface area contributed by atoms with Gasteiger partial charge in [0, 0.05) is 29.8 Å². The summed E-state index contributed by atoms with van der Waals surface area (Å²) in [5.74, 6) is 2.10. The number of piperidine rings is 1. The lowest BCUT2D eigenvalue weighted by Gasteiger charge is -2.31. The van der Waals surface area contributed by atoms with E-state index in [1.165, 1.54) is 38.9 Å². The number of aromatic nitrogens is 3. The quantitative estimate of drug-likeness (QED) is 0.706. The standard InChI is InChI=1S/C20H24N4O/c1-2-10-24-11-7-15(8-12-24)13-19-22-20(25-23-19)18-5-3-4-16-14-21-9-6-17(16)18/h3-6,9,14-15H,2,7-8,10-13H2,1H3. The summed E-state index contributed by atoms with van der Waals surface area (Å²) in [6.07, 6.45) is 8.26. The van der Waals surface area contributed by atoms with Gasteiger partial charge >= 0.3 is 0 Å². The summed E-state index contributed by atoms with van der Waals surface area (Å²) in [4.78, 5) is 11.4. The molecule has 1 saturated heterocycles. The molecule has 2 aromatic heterocycles. The van der Waals surface area contributed by atoms with Crippen LogP contribution in [0.1, 0.15) is 32.0 Å². The van der Waals surface area contributed by atoms with Crippen LogP contribution in [0.15, 0.2) is 41.2 Å². The van der Waals surface area contributed by atoms with Gasteiger partial charge in [-0.1, -0.05) is 24.2 Å². The first-order valence-electron chi connectivity index (χ1n) is 9.21. The van der Waals surface area contributed by atoms with E-state index in [0.29, 0.717) is 11.8 Å². The zero-order valence-corrected chi connectivity index (χ0v) is 14.7. The van der Waals surface area contributed by atoms with Gasteiger partial charge in [0.15, 0.2) is 5.82 Å². The highest BCUT2D eigenvalue weighted by Gasteiger charge is 2.21. The average Bonchev–Trinajstić information content (AvgIpc) is 3.11. The molecule has 1 aromatic carbocycles. The fourth-order valence-electron chi connectivity index (χ4n) is 3.74. The second kappa shape index (κ2) is 7.31. The van der Waals surface area contributed by atoms with E-state index in [1.807, 2.05) is 30.5 Å². The molecule has 0 saturated carbocycles. The number of rotatable bonds is 5. The minimum atomic E-state index is 0.607. The van der Waals surface area contributed by atoms with Crippen molar-refractivity contribution in [3.8, 4) is 11.5 Å². The summed E-state index contributed by atoms with van der Waals surface area (Å²) in [7, 11) is 0. The molecule has 25 heavy (non-hydrogen) atoms. The number of benzene rings is 1. The molecule has 3 heterocycles. The zero-order valence-electron chi connectivity index (χ0n) is 14.7. The van der Waals surface area contributed by atoms with Gasteiger partial charge in [-0.15, -0.1) is 0 Å². The second-order valence-electron chi connectivity index (χ2n) is 6.91. The molecular weight excluding hydrogens is 312 g/mol. The van der Waals surface area contributed by atoms with Crippen LogP contribution in [0.5, 0.6) is 0 Å². The Balaban J connectivity index is 1.47. The van der Waals surface area contributed by atoms with Crippen LogP contribution >= 0.6 is 0 Å². The van der Waals surface area contributed by atoms with Crippen LogP contribution in [-0.2, 0) is 6.42 Å². The molecule has 0 amide bonds. The highest BCUT2D eigenvalue weighted by atomic mass is 16.5. The zero-order chi connectivity index (χ0) is 17.1. The van der Waals surface area contributed by atoms with Gasteiger partial charge in [0.05, 0.1) is 0 Å². The predicted molar refractivity (Wildman–Crippen MR) is 98.2 cm³/mol. The summed E-state index contributed by atoms with van der Waals surface area (Å²) < 4.78 is 5.57. The Morgan fingerprint density at radius 2 is 2.08 bits per heavy atom. The number of likely N-dealkylation sites (tertiary alicyclic amines) is 1. The highest BCUT2D eigenvalue weighted by Crippen LogP contribution is 2.28. The van der Waals surface area contributed by atoms with Gasteiger partial charge in [0.25, 0.3) is 5.89 Å². The van der Waals surface area contributed by atoms with Crippen molar-refractivity contribution in [1.82, 2.24) is 20.0 Å². The Morgan fingerprint density at radius 3 is 2.92 bits per heavy atom. The first kappa shape index (κ1) is 16.2. The maximum atomic E-state index is 5.57. The SMILES string of the molecule is CCCN1CCC(Cc2noc(-c3cccc4cnccc34)n2)CC1. The maximum absolute atomic E-state index is 5.57. The van der Waals surface area contributed by atoms with Gasteiger partial charge in [-0.3, -0.25) is 4.98 Å². The Hall–Kier alpha value is -2.27. The second-order valence-corrected chi connectivity index (χ2v) is 6.91. The Morgan fingerprint density at radius 1 is 1.20 bits per heavy atom. The van der Waals surface area contributed by atoms with Crippen molar-refractivity contribution >= 4 is 10.8 Å². The molecule has 1 aliphatic heterocycles. The molecule has 1 aliphatic rings. The molecule has 0 atom stereocenters. The van der Waals surface area contributed by atoms with Crippen molar-refractivity contribution in [3.05, 3.63) is 42.5 Å². The molecule has 5 heteroatoms. The predicted octanol–water partition coefficient (Wildman–Crippen LogP) is 3.95. The van der Waals surface area contributed by atoms with Crippen molar-refractivity contribution in [3.63, 3.8) is 0 Å². The summed E-state index contributed by atoms with van der Waals surface area (Å²) in [5.41, 5.74) is 0.983. The van der Waals surface area contributed by atoms with Gasteiger partial charge in [0.2, 0.25) is 0 Å². The molecule has 0 radical (unpaired) electrons. The van der Waals surface area contributed by atoms with E-state index in [9.17, 15) is 0 Å². The lowest BCUT2D eigenvalue weighted by molar-refractivity contribution is 0.182. The van der Waals surface area contributed by atoms with Crippen LogP contribution in [0.4, 0.5) is 0 Å². The Kier molecular flexibility index (Phi) is 4.74. The molecule has 3 aromatic rings. The summed E-state index contributed by atoms with van der Waals surface area (Å²) in [6, 6.07) is 8.08. The van der Waals surface area contributed by atoms with Crippen LogP contribution in [0.3, 0.4) is 0 Å². The van der Waals surface area contributed by atoms with Crippen molar-refractivity contribution in [2.75, 3.05) is 19.6 Å². The van der Waals surface area contributed by atoms with E-state index in [1.54, 1.807) is 6.20 Å². The largest absolute Gasteiger partial charge is 0.334 e. The number of nitrogens with zero attached hydrogens (tertiary/aromatic N) is 4. The van der Waals surface area contributed by atoms with E-state index in [-0.39, 0.29) is 0 Å². The normalized spacial score (nSPS) is 16.5. The molecular formula is C20H24N4O. The maximum Gasteiger partial charge on any atom is 0.258 e. The van der Waals surface area contributed by atoms with Crippen LogP contribution in [0, 0.1) is 5.92 Å². The number of hydrogen-bond acceptors (Lipinski definition) is 5. The third-order valence-electron chi connectivity index (χ3n) is 5.10. The van der Waals surface area contributed by atoms with E-state index in [2.05, 4.69) is 26.9 Å². The van der Waals surface area contributed by atoms with Gasteiger partial charge in [0.1, 0.15) is 0 Å². The molecule has 4 rings (SSSR count). The molecule has 5 nitrogen and oxygen atoms in total. The lowest BCUT2D eigenvalue weighted by Crippen LogP contribution is -2.34. The Bertz CT molecular complexity index is 831. The number of hydrogen-bond donors (Lipinski definition) is 0. The molecule has 0 bridgehead atoms. The van der Waals surface area contributed by atoms with Crippen molar-refractivity contribution in [2.45, 2.75) is 32.6 Å². The van der Waals surface area contributed by atoms with Crippen molar-refractivity contribution in [1.29, 1.82) is 0 Å². The molecule has 0 N–H and O–H groups in total. The molecule has 1 fully saturated rings. The first-order valence-corrected chi connectivity index (χ1v) is 9.21.